The first-order valence-corrected chi connectivity index (χ1v) is 13.9. The zero-order valence-corrected chi connectivity index (χ0v) is 24.4. The van der Waals surface area contributed by atoms with E-state index in [1.54, 1.807) is 6.07 Å². The predicted octanol–water partition coefficient (Wildman–Crippen LogP) is 5.42. The Morgan fingerprint density at radius 1 is 1.24 bits per heavy atom. The lowest BCUT2D eigenvalue weighted by atomic mass is 9.91. The van der Waals surface area contributed by atoms with E-state index < -0.39 is 0 Å². The monoisotopic (exact) mass is 579 g/mol. The third kappa shape index (κ3) is 5.74. The molecule has 0 bridgehead atoms. The summed E-state index contributed by atoms with van der Waals surface area (Å²) in [6, 6.07) is 6.39. The lowest BCUT2D eigenvalue weighted by molar-refractivity contribution is -0.118. The number of nitrogens with two attached hydrogens (primary N) is 1. The molecule has 2 aliphatic heterocycles. The molecule has 1 aromatic carbocycles. The van der Waals surface area contributed by atoms with Crippen LogP contribution in [0.25, 0.3) is 11.2 Å². The van der Waals surface area contributed by atoms with E-state index >= 15 is 0 Å². The SMILES string of the molecule is Cc1nn([C@H](C)c2ccc(Cl)cc2Cl)c2nc(N3CC[C@H](N4CCC[C@H]4CCC(N)=O)[C@H](C)C3)cnc12.Cl. The lowest BCUT2D eigenvalue weighted by Crippen LogP contribution is -2.52. The Morgan fingerprint density at radius 3 is 2.74 bits per heavy atom. The fourth-order valence-electron chi connectivity index (χ4n) is 6.18. The molecule has 0 saturated carbocycles. The van der Waals surface area contributed by atoms with Gasteiger partial charge in [-0.15, -0.1) is 12.4 Å². The van der Waals surface area contributed by atoms with Crippen LogP contribution in [0, 0.1) is 12.8 Å². The highest BCUT2D eigenvalue weighted by Crippen LogP contribution is 2.34. The van der Waals surface area contributed by atoms with Gasteiger partial charge in [-0.25, -0.2) is 14.6 Å². The molecule has 2 saturated heterocycles. The molecule has 38 heavy (non-hydrogen) atoms. The highest BCUT2D eigenvalue weighted by atomic mass is 35.5. The van der Waals surface area contributed by atoms with E-state index in [-0.39, 0.29) is 24.4 Å². The van der Waals surface area contributed by atoms with Crippen LogP contribution in [-0.4, -0.2) is 62.3 Å². The average Bonchev–Trinajstić information content (AvgIpc) is 3.46. The number of nitrogens with zero attached hydrogens (tertiary/aromatic N) is 6. The van der Waals surface area contributed by atoms with Crippen LogP contribution >= 0.6 is 35.6 Å². The van der Waals surface area contributed by atoms with Gasteiger partial charge < -0.3 is 10.6 Å². The smallest absolute Gasteiger partial charge is 0.217 e. The van der Waals surface area contributed by atoms with Crippen molar-refractivity contribution in [2.24, 2.45) is 11.7 Å². The second-order valence-corrected chi connectivity index (χ2v) is 11.4. The maximum Gasteiger partial charge on any atom is 0.217 e. The van der Waals surface area contributed by atoms with Gasteiger partial charge in [0.1, 0.15) is 11.3 Å². The number of carbonyl (C=O) groups excluding carboxylic acids is 1. The van der Waals surface area contributed by atoms with Crippen molar-refractivity contribution in [1.29, 1.82) is 0 Å². The van der Waals surface area contributed by atoms with Crippen LogP contribution < -0.4 is 10.6 Å². The first-order chi connectivity index (χ1) is 17.7. The van der Waals surface area contributed by atoms with Gasteiger partial charge in [-0.1, -0.05) is 36.2 Å². The number of aromatic nitrogens is 4. The molecule has 0 spiro atoms. The maximum absolute atomic E-state index is 11.3. The molecule has 0 radical (unpaired) electrons. The number of likely N-dealkylation sites (tertiary alicyclic amines) is 1. The second-order valence-electron chi connectivity index (χ2n) is 10.6. The summed E-state index contributed by atoms with van der Waals surface area (Å²) >= 11 is 12.6. The lowest BCUT2D eigenvalue weighted by Gasteiger charge is -2.43. The number of benzene rings is 1. The predicted molar refractivity (Wildman–Crippen MR) is 156 cm³/mol. The average molecular weight is 581 g/mol. The summed E-state index contributed by atoms with van der Waals surface area (Å²) in [5.41, 5.74) is 8.77. The minimum Gasteiger partial charge on any atom is -0.370 e. The summed E-state index contributed by atoms with van der Waals surface area (Å²) in [4.78, 5) is 26.1. The molecule has 3 aromatic rings. The number of hydrogen-bond donors (Lipinski definition) is 1. The van der Waals surface area contributed by atoms with Crippen molar-refractivity contribution in [2.75, 3.05) is 24.5 Å². The van der Waals surface area contributed by atoms with Gasteiger partial charge in [-0.2, -0.15) is 5.10 Å². The van der Waals surface area contributed by atoms with Gasteiger partial charge in [0.15, 0.2) is 5.65 Å². The summed E-state index contributed by atoms with van der Waals surface area (Å²) < 4.78 is 1.92. The Bertz CT molecular complexity index is 1300. The third-order valence-corrected chi connectivity index (χ3v) is 8.66. The molecule has 5 rings (SSSR count). The third-order valence-electron chi connectivity index (χ3n) is 8.09. The molecule has 4 heterocycles. The van der Waals surface area contributed by atoms with E-state index in [0.717, 1.165) is 67.1 Å². The molecule has 2 aliphatic rings. The Labute approximate surface area is 240 Å². The normalized spacial score (nSPS) is 23.0. The van der Waals surface area contributed by atoms with Crippen LogP contribution in [0.4, 0.5) is 5.82 Å². The molecule has 11 heteroatoms. The number of piperidine rings is 1. The first kappa shape index (κ1) is 28.9. The van der Waals surface area contributed by atoms with Gasteiger partial charge in [0.2, 0.25) is 5.91 Å². The molecule has 0 unspecified atom stereocenters. The quantitative estimate of drug-likeness (QED) is 0.401. The van der Waals surface area contributed by atoms with Crippen molar-refractivity contribution in [3.8, 4) is 0 Å². The number of amides is 1. The summed E-state index contributed by atoms with van der Waals surface area (Å²) in [5, 5.41) is 5.99. The van der Waals surface area contributed by atoms with Crippen molar-refractivity contribution in [1.82, 2.24) is 24.6 Å². The molecule has 2 N–H and O–H groups in total. The van der Waals surface area contributed by atoms with Crippen LogP contribution in [0.1, 0.15) is 63.3 Å². The number of rotatable bonds is 7. The van der Waals surface area contributed by atoms with Crippen molar-refractivity contribution in [2.45, 2.75) is 71.0 Å². The Balaban J connectivity index is 0.00000336. The minimum atomic E-state index is -0.203. The molecule has 206 valence electrons. The van der Waals surface area contributed by atoms with Crippen LogP contribution in [0.3, 0.4) is 0 Å². The second kappa shape index (κ2) is 11.9. The van der Waals surface area contributed by atoms with E-state index in [2.05, 4.69) is 23.6 Å². The van der Waals surface area contributed by atoms with Gasteiger partial charge in [-0.05, 0) is 69.7 Å². The number of carbonyl (C=O) groups is 1. The van der Waals surface area contributed by atoms with Crippen molar-refractivity contribution in [3.05, 3.63) is 45.7 Å². The van der Waals surface area contributed by atoms with Gasteiger partial charge in [0, 0.05) is 41.6 Å². The van der Waals surface area contributed by atoms with Crippen LogP contribution in [0.2, 0.25) is 10.0 Å². The number of hydrogen-bond acceptors (Lipinski definition) is 6. The first-order valence-electron chi connectivity index (χ1n) is 13.2. The van der Waals surface area contributed by atoms with Crippen molar-refractivity contribution >= 4 is 58.5 Å². The topological polar surface area (TPSA) is 93.2 Å². The van der Waals surface area contributed by atoms with Gasteiger partial charge in [0.25, 0.3) is 0 Å². The molecule has 8 nitrogen and oxygen atoms in total. The maximum atomic E-state index is 11.3. The van der Waals surface area contributed by atoms with Gasteiger partial charge in [0.05, 0.1) is 17.9 Å². The number of aryl methyl sites for hydroxylation is 1. The van der Waals surface area contributed by atoms with E-state index in [4.69, 9.17) is 44.0 Å². The highest BCUT2D eigenvalue weighted by Gasteiger charge is 2.37. The summed E-state index contributed by atoms with van der Waals surface area (Å²) in [5.74, 6) is 1.14. The highest BCUT2D eigenvalue weighted by molar-refractivity contribution is 6.35. The summed E-state index contributed by atoms with van der Waals surface area (Å²) in [6.45, 7) is 9.28. The molecule has 4 atom stereocenters. The summed E-state index contributed by atoms with van der Waals surface area (Å²) in [7, 11) is 0. The molecule has 0 aliphatic carbocycles. The molecular formula is C27H36Cl3N7O. The van der Waals surface area contributed by atoms with Crippen molar-refractivity contribution in [3.63, 3.8) is 0 Å². The van der Waals surface area contributed by atoms with E-state index in [1.807, 2.05) is 29.9 Å². The summed E-state index contributed by atoms with van der Waals surface area (Å²) in [6.07, 6.45) is 6.61. The number of anilines is 1. The number of halogens is 3. The van der Waals surface area contributed by atoms with E-state index in [9.17, 15) is 4.79 Å². The Kier molecular flexibility index (Phi) is 9.07. The van der Waals surface area contributed by atoms with Crippen molar-refractivity contribution < 1.29 is 4.79 Å². The fraction of sp³-hybridized carbons (Fsp3) is 0.556. The van der Waals surface area contributed by atoms with Crippen LogP contribution in [0.5, 0.6) is 0 Å². The zero-order valence-electron chi connectivity index (χ0n) is 22.1. The van der Waals surface area contributed by atoms with E-state index in [1.165, 1.54) is 6.42 Å². The van der Waals surface area contributed by atoms with Gasteiger partial charge >= 0.3 is 0 Å². The fourth-order valence-corrected chi connectivity index (χ4v) is 6.75. The van der Waals surface area contributed by atoms with Crippen LogP contribution in [0.15, 0.2) is 24.4 Å². The minimum absolute atomic E-state index is 0. The molecule has 2 aromatic heterocycles. The zero-order chi connectivity index (χ0) is 26.3. The Hall–Kier alpha value is -2.13. The molecule has 1 amide bonds. The number of fused-ring (bicyclic) bond motifs is 1. The largest absolute Gasteiger partial charge is 0.370 e. The van der Waals surface area contributed by atoms with E-state index in [0.29, 0.717) is 34.5 Å². The Morgan fingerprint density at radius 2 is 2.03 bits per heavy atom. The molecular weight excluding hydrogens is 545 g/mol. The van der Waals surface area contributed by atoms with Crippen LogP contribution in [-0.2, 0) is 4.79 Å². The number of primary amides is 1. The standard InChI is InChI=1S/C27H35Cl2N7O.ClH/c1-16-15-34(12-10-23(16)35-11-4-5-20(35)7-9-24(30)37)25-14-31-26-17(2)33-36(27(26)32-25)18(3)21-8-6-19(28)13-22(21)29;/h6,8,13-14,16,18,20,23H,4-5,7,9-12,15H2,1-3H3,(H2,30,37);1H/t16-,18-,20+,23+;/m1./s1. The van der Waals surface area contributed by atoms with Gasteiger partial charge in [-0.3, -0.25) is 9.69 Å². The molecule has 2 fully saturated rings.